The summed E-state index contributed by atoms with van der Waals surface area (Å²) >= 11 is 0. The lowest BCUT2D eigenvalue weighted by Gasteiger charge is -2.14. The molecular formula is C16H28N4O2. The summed E-state index contributed by atoms with van der Waals surface area (Å²) in [6.07, 6.45) is 4.09. The first-order chi connectivity index (χ1) is 10.7. The van der Waals surface area contributed by atoms with Gasteiger partial charge < -0.3 is 19.7 Å². The summed E-state index contributed by atoms with van der Waals surface area (Å²) < 4.78 is 11.4. The lowest BCUT2D eigenvalue weighted by Crippen LogP contribution is -2.17. The van der Waals surface area contributed by atoms with Gasteiger partial charge in [-0.25, -0.2) is 4.98 Å². The van der Waals surface area contributed by atoms with Gasteiger partial charge in [-0.15, -0.1) is 0 Å². The standard InChI is InChI=1S/C16H28N4O2/c1-4-10-22-15-12-14(17-8-6-9-20(2)3)18-16(19-15)13-7-5-11-21-13/h12-13H,4-11H2,1-3H3,(H,17,18,19). The summed E-state index contributed by atoms with van der Waals surface area (Å²) in [6.45, 7) is 5.48. The molecule has 0 aliphatic carbocycles. The number of aromatic nitrogens is 2. The molecule has 1 unspecified atom stereocenters. The first kappa shape index (κ1) is 17.0. The van der Waals surface area contributed by atoms with Crippen molar-refractivity contribution in [1.82, 2.24) is 14.9 Å². The maximum absolute atomic E-state index is 5.70. The fourth-order valence-corrected chi connectivity index (χ4v) is 2.35. The summed E-state index contributed by atoms with van der Waals surface area (Å²) in [6, 6.07) is 1.88. The number of anilines is 1. The average Bonchev–Trinajstić information content (AvgIpc) is 3.03. The largest absolute Gasteiger partial charge is 0.478 e. The quantitative estimate of drug-likeness (QED) is 0.707. The summed E-state index contributed by atoms with van der Waals surface area (Å²) in [7, 11) is 4.16. The highest BCUT2D eigenvalue weighted by molar-refractivity contribution is 5.38. The van der Waals surface area contributed by atoms with Crippen LogP contribution in [0.25, 0.3) is 0 Å². The molecule has 1 aromatic rings. The molecule has 1 saturated heterocycles. The maximum atomic E-state index is 5.70. The van der Waals surface area contributed by atoms with Crippen molar-refractivity contribution in [3.05, 3.63) is 11.9 Å². The molecule has 1 N–H and O–H groups in total. The molecule has 6 nitrogen and oxygen atoms in total. The predicted molar refractivity (Wildman–Crippen MR) is 87.4 cm³/mol. The highest BCUT2D eigenvalue weighted by Crippen LogP contribution is 2.28. The number of nitrogens with zero attached hydrogens (tertiary/aromatic N) is 3. The highest BCUT2D eigenvalue weighted by atomic mass is 16.5. The highest BCUT2D eigenvalue weighted by Gasteiger charge is 2.22. The van der Waals surface area contributed by atoms with E-state index in [-0.39, 0.29) is 6.10 Å². The zero-order valence-corrected chi connectivity index (χ0v) is 14.0. The smallest absolute Gasteiger partial charge is 0.218 e. The number of rotatable bonds is 9. The Morgan fingerprint density at radius 2 is 2.27 bits per heavy atom. The monoisotopic (exact) mass is 308 g/mol. The zero-order valence-electron chi connectivity index (χ0n) is 14.0. The Hall–Kier alpha value is -1.40. The van der Waals surface area contributed by atoms with Gasteiger partial charge in [0.05, 0.1) is 6.61 Å². The molecule has 6 heteroatoms. The molecule has 2 rings (SSSR count). The van der Waals surface area contributed by atoms with Gasteiger partial charge in [0.25, 0.3) is 0 Å². The van der Waals surface area contributed by atoms with Crippen LogP contribution in [0.3, 0.4) is 0 Å². The van der Waals surface area contributed by atoms with Crippen LogP contribution in [0.1, 0.15) is 44.5 Å². The molecule has 22 heavy (non-hydrogen) atoms. The second-order valence-electron chi connectivity index (χ2n) is 5.88. The molecule has 1 fully saturated rings. The summed E-state index contributed by atoms with van der Waals surface area (Å²) in [5.41, 5.74) is 0. The Balaban J connectivity index is 2.00. The van der Waals surface area contributed by atoms with Crippen LogP contribution >= 0.6 is 0 Å². The Morgan fingerprint density at radius 3 is 2.95 bits per heavy atom. The minimum absolute atomic E-state index is 0.00695. The Kier molecular flexibility index (Phi) is 6.86. The van der Waals surface area contributed by atoms with E-state index in [1.165, 1.54) is 0 Å². The third-order valence-corrected chi connectivity index (χ3v) is 3.48. The van der Waals surface area contributed by atoms with E-state index < -0.39 is 0 Å². The fourth-order valence-electron chi connectivity index (χ4n) is 2.35. The molecule has 1 aliphatic rings. The summed E-state index contributed by atoms with van der Waals surface area (Å²) in [5, 5.41) is 3.37. The number of hydrogen-bond donors (Lipinski definition) is 1. The van der Waals surface area contributed by atoms with E-state index in [1.54, 1.807) is 0 Å². The minimum atomic E-state index is 0.00695. The normalized spacial score (nSPS) is 17.9. The molecule has 0 radical (unpaired) electrons. The molecule has 1 atom stereocenters. The van der Waals surface area contributed by atoms with Gasteiger partial charge in [0, 0.05) is 19.2 Å². The zero-order chi connectivity index (χ0) is 15.8. The Labute approximate surface area is 133 Å². The molecule has 2 heterocycles. The topological polar surface area (TPSA) is 59.5 Å². The first-order valence-corrected chi connectivity index (χ1v) is 8.21. The van der Waals surface area contributed by atoms with Gasteiger partial charge in [0.1, 0.15) is 11.9 Å². The van der Waals surface area contributed by atoms with Gasteiger partial charge in [0.2, 0.25) is 5.88 Å². The van der Waals surface area contributed by atoms with Crippen LogP contribution in [0.5, 0.6) is 5.88 Å². The van der Waals surface area contributed by atoms with E-state index in [1.807, 2.05) is 6.07 Å². The molecule has 0 spiro atoms. The lowest BCUT2D eigenvalue weighted by atomic mass is 10.2. The van der Waals surface area contributed by atoms with E-state index in [0.717, 1.165) is 57.0 Å². The fraction of sp³-hybridized carbons (Fsp3) is 0.750. The van der Waals surface area contributed by atoms with Gasteiger partial charge in [-0.3, -0.25) is 0 Å². The SMILES string of the molecule is CCCOc1cc(NCCCN(C)C)nc(C2CCCO2)n1. The molecule has 1 aromatic heterocycles. The van der Waals surface area contributed by atoms with Crippen molar-refractivity contribution in [2.75, 3.05) is 45.7 Å². The molecule has 0 amide bonds. The van der Waals surface area contributed by atoms with Crippen molar-refractivity contribution in [3.8, 4) is 5.88 Å². The molecule has 124 valence electrons. The molecular weight excluding hydrogens is 280 g/mol. The van der Waals surface area contributed by atoms with Gasteiger partial charge >= 0.3 is 0 Å². The van der Waals surface area contributed by atoms with E-state index >= 15 is 0 Å². The van der Waals surface area contributed by atoms with Crippen molar-refractivity contribution >= 4 is 5.82 Å². The summed E-state index contributed by atoms with van der Waals surface area (Å²) in [4.78, 5) is 11.3. The van der Waals surface area contributed by atoms with Crippen molar-refractivity contribution < 1.29 is 9.47 Å². The maximum Gasteiger partial charge on any atom is 0.218 e. The minimum Gasteiger partial charge on any atom is -0.478 e. The van der Waals surface area contributed by atoms with Crippen LogP contribution in [0.15, 0.2) is 6.07 Å². The number of nitrogens with one attached hydrogen (secondary N) is 1. The van der Waals surface area contributed by atoms with Crippen molar-refractivity contribution in [1.29, 1.82) is 0 Å². The Morgan fingerprint density at radius 1 is 1.41 bits per heavy atom. The van der Waals surface area contributed by atoms with Crippen molar-refractivity contribution in [3.63, 3.8) is 0 Å². The van der Waals surface area contributed by atoms with Crippen molar-refractivity contribution in [2.24, 2.45) is 0 Å². The second-order valence-corrected chi connectivity index (χ2v) is 5.88. The van der Waals surface area contributed by atoms with Crippen LogP contribution < -0.4 is 10.1 Å². The summed E-state index contributed by atoms with van der Waals surface area (Å²) in [5.74, 6) is 2.20. The number of hydrogen-bond acceptors (Lipinski definition) is 6. The van der Waals surface area contributed by atoms with Crippen LogP contribution in [0, 0.1) is 0 Å². The van der Waals surface area contributed by atoms with E-state index in [4.69, 9.17) is 9.47 Å². The van der Waals surface area contributed by atoms with Crippen LogP contribution in [-0.2, 0) is 4.74 Å². The molecule has 0 saturated carbocycles. The molecule has 0 bridgehead atoms. The first-order valence-electron chi connectivity index (χ1n) is 8.21. The van der Waals surface area contributed by atoms with Gasteiger partial charge in [-0.1, -0.05) is 6.92 Å². The van der Waals surface area contributed by atoms with Crippen LogP contribution in [0.4, 0.5) is 5.82 Å². The third-order valence-electron chi connectivity index (χ3n) is 3.48. The van der Waals surface area contributed by atoms with E-state index in [2.05, 4.69) is 41.2 Å². The van der Waals surface area contributed by atoms with Gasteiger partial charge in [0.15, 0.2) is 5.82 Å². The predicted octanol–water partition coefficient (Wildman–Crippen LogP) is 2.48. The Bertz CT molecular complexity index is 448. The third kappa shape index (κ3) is 5.42. The average molecular weight is 308 g/mol. The van der Waals surface area contributed by atoms with Gasteiger partial charge in [-0.2, -0.15) is 4.98 Å². The van der Waals surface area contributed by atoms with E-state index in [0.29, 0.717) is 12.5 Å². The van der Waals surface area contributed by atoms with Crippen LogP contribution in [0.2, 0.25) is 0 Å². The second kappa shape index (κ2) is 8.90. The lowest BCUT2D eigenvalue weighted by molar-refractivity contribution is 0.104. The number of ether oxygens (including phenoxy) is 2. The van der Waals surface area contributed by atoms with Crippen LogP contribution in [-0.4, -0.2) is 55.3 Å². The van der Waals surface area contributed by atoms with E-state index in [9.17, 15) is 0 Å². The van der Waals surface area contributed by atoms with Gasteiger partial charge in [-0.05, 0) is 46.3 Å². The molecule has 0 aromatic carbocycles. The van der Waals surface area contributed by atoms with Crippen molar-refractivity contribution in [2.45, 2.75) is 38.7 Å². The molecule has 1 aliphatic heterocycles.